The maximum atomic E-state index is 13.8. The van der Waals surface area contributed by atoms with E-state index in [0.717, 1.165) is 12.8 Å². The number of hydrogen-bond donors (Lipinski definition) is 1. The van der Waals surface area contributed by atoms with E-state index < -0.39 is 5.82 Å². The van der Waals surface area contributed by atoms with E-state index in [1.54, 1.807) is 10.7 Å². The van der Waals surface area contributed by atoms with Crippen LogP contribution in [0, 0.1) is 17.7 Å². The molecule has 0 bridgehead atoms. The molecule has 29 heavy (non-hydrogen) atoms. The van der Waals surface area contributed by atoms with Crippen molar-refractivity contribution in [3.05, 3.63) is 59.2 Å². The van der Waals surface area contributed by atoms with Gasteiger partial charge in [-0.15, -0.1) is 0 Å². The molecular formula is C21H21ClFIN4O. The predicted octanol–water partition coefficient (Wildman–Crippen LogP) is 4.70. The Morgan fingerprint density at radius 1 is 1.41 bits per heavy atom. The van der Waals surface area contributed by atoms with Crippen LogP contribution in [0.3, 0.4) is 0 Å². The lowest BCUT2D eigenvalue weighted by Gasteiger charge is -2.31. The van der Waals surface area contributed by atoms with Crippen LogP contribution >= 0.6 is 34.2 Å². The number of aromatic nitrogens is 3. The summed E-state index contributed by atoms with van der Waals surface area (Å²) in [5, 5.41) is 7.71. The number of carbonyl (C=O) groups is 1. The van der Waals surface area contributed by atoms with Crippen LogP contribution < -0.4 is 5.32 Å². The molecule has 2 aromatic rings. The first kappa shape index (κ1) is 20.5. The van der Waals surface area contributed by atoms with E-state index >= 15 is 0 Å². The van der Waals surface area contributed by atoms with E-state index in [1.165, 1.54) is 12.1 Å². The highest BCUT2D eigenvalue weighted by Crippen LogP contribution is 2.47. The van der Waals surface area contributed by atoms with Crippen molar-refractivity contribution in [2.24, 2.45) is 11.8 Å². The summed E-state index contributed by atoms with van der Waals surface area (Å²) in [6.07, 6.45) is 10.7. The third-order valence-corrected chi connectivity index (χ3v) is 7.35. The summed E-state index contributed by atoms with van der Waals surface area (Å²) >= 11 is 8.14. The second-order valence-corrected chi connectivity index (χ2v) is 9.71. The second-order valence-electron chi connectivity index (χ2n) is 7.38. The molecule has 1 saturated carbocycles. The SMILES string of the molecule is CCn1nc(-c2ccc(Cl)c(F)c2)nc1CC(=O)NC1(I)CCC2C=CC=CC21. The molecule has 0 radical (unpaired) electrons. The van der Waals surface area contributed by atoms with Crippen molar-refractivity contribution in [3.63, 3.8) is 0 Å². The van der Waals surface area contributed by atoms with E-state index in [9.17, 15) is 9.18 Å². The first-order valence-electron chi connectivity index (χ1n) is 9.63. The van der Waals surface area contributed by atoms with Gasteiger partial charge in [0.25, 0.3) is 0 Å². The van der Waals surface area contributed by atoms with E-state index in [-0.39, 0.29) is 20.9 Å². The molecule has 8 heteroatoms. The summed E-state index contributed by atoms with van der Waals surface area (Å²) in [7, 11) is 0. The van der Waals surface area contributed by atoms with Gasteiger partial charge >= 0.3 is 0 Å². The number of nitrogens with one attached hydrogen (secondary N) is 1. The molecule has 3 atom stereocenters. The minimum atomic E-state index is -0.520. The van der Waals surface area contributed by atoms with E-state index in [2.05, 4.69) is 62.3 Å². The van der Waals surface area contributed by atoms with Gasteiger partial charge in [0.15, 0.2) is 5.82 Å². The lowest BCUT2D eigenvalue weighted by molar-refractivity contribution is -0.121. The number of allylic oxidation sites excluding steroid dienone is 3. The van der Waals surface area contributed by atoms with Gasteiger partial charge in [-0.2, -0.15) is 5.10 Å². The fourth-order valence-corrected chi connectivity index (χ4v) is 5.44. The second kappa shape index (κ2) is 8.18. The summed E-state index contributed by atoms with van der Waals surface area (Å²) in [6.45, 7) is 2.50. The Bertz CT molecular complexity index is 1000. The van der Waals surface area contributed by atoms with Gasteiger partial charge in [0.05, 0.1) is 15.0 Å². The van der Waals surface area contributed by atoms with Gasteiger partial charge in [-0.25, -0.2) is 14.1 Å². The number of benzene rings is 1. The lowest BCUT2D eigenvalue weighted by atomic mass is 9.90. The molecule has 0 saturated heterocycles. The molecule has 152 valence electrons. The molecule has 1 amide bonds. The molecule has 0 aliphatic heterocycles. The fraction of sp³-hybridized carbons (Fsp3) is 0.381. The Balaban J connectivity index is 1.51. The van der Waals surface area contributed by atoms with Crippen LogP contribution in [-0.2, 0) is 17.8 Å². The number of hydrogen-bond acceptors (Lipinski definition) is 3. The zero-order valence-electron chi connectivity index (χ0n) is 15.9. The zero-order chi connectivity index (χ0) is 20.6. The van der Waals surface area contributed by atoms with Gasteiger partial charge in [-0.1, -0.05) is 58.5 Å². The number of halogens is 3. The van der Waals surface area contributed by atoms with Gasteiger partial charge in [0, 0.05) is 18.0 Å². The van der Waals surface area contributed by atoms with Crippen LogP contribution in [0.2, 0.25) is 5.02 Å². The molecular weight excluding hydrogens is 506 g/mol. The number of aryl methyl sites for hydroxylation is 1. The van der Waals surface area contributed by atoms with Crippen LogP contribution in [0.1, 0.15) is 25.6 Å². The van der Waals surface area contributed by atoms with Crippen molar-refractivity contribution >= 4 is 40.1 Å². The normalized spacial score (nSPS) is 25.2. The highest BCUT2D eigenvalue weighted by atomic mass is 127. The summed E-state index contributed by atoms with van der Waals surface area (Å²) in [5.74, 6) is 1.11. The largest absolute Gasteiger partial charge is 0.341 e. The zero-order valence-corrected chi connectivity index (χ0v) is 18.8. The van der Waals surface area contributed by atoms with Crippen molar-refractivity contribution in [1.82, 2.24) is 20.1 Å². The fourth-order valence-electron chi connectivity index (χ4n) is 4.05. The van der Waals surface area contributed by atoms with E-state index in [4.69, 9.17) is 11.6 Å². The summed E-state index contributed by atoms with van der Waals surface area (Å²) in [6, 6.07) is 4.46. The molecule has 0 spiro atoms. The number of carbonyl (C=O) groups excluding carboxylic acids is 1. The Kier molecular flexibility index (Phi) is 5.79. The maximum Gasteiger partial charge on any atom is 0.228 e. The van der Waals surface area contributed by atoms with Gasteiger partial charge < -0.3 is 5.32 Å². The molecule has 1 N–H and O–H groups in total. The molecule has 3 unspecified atom stereocenters. The minimum Gasteiger partial charge on any atom is -0.341 e. The molecule has 1 fully saturated rings. The van der Waals surface area contributed by atoms with Crippen molar-refractivity contribution in [1.29, 1.82) is 0 Å². The summed E-state index contributed by atoms with van der Waals surface area (Å²) < 4.78 is 15.2. The van der Waals surface area contributed by atoms with Crippen LogP contribution in [0.15, 0.2) is 42.5 Å². The Hall–Kier alpha value is -1.74. The monoisotopic (exact) mass is 526 g/mol. The van der Waals surface area contributed by atoms with Crippen LogP contribution in [0.5, 0.6) is 0 Å². The van der Waals surface area contributed by atoms with Crippen LogP contribution in [0.25, 0.3) is 11.4 Å². The number of nitrogens with zero attached hydrogens (tertiary/aromatic N) is 3. The number of fused-ring (bicyclic) bond motifs is 1. The quantitative estimate of drug-likeness (QED) is 0.349. The third-order valence-electron chi connectivity index (χ3n) is 5.51. The van der Waals surface area contributed by atoms with Crippen molar-refractivity contribution in [2.75, 3.05) is 0 Å². The summed E-state index contributed by atoms with van der Waals surface area (Å²) in [5.41, 5.74) is 0.531. The van der Waals surface area contributed by atoms with Gasteiger partial charge in [-0.05, 0) is 43.9 Å². The number of alkyl halides is 1. The molecule has 5 nitrogen and oxygen atoms in total. The number of amides is 1. The van der Waals surface area contributed by atoms with Gasteiger partial charge in [0.1, 0.15) is 11.6 Å². The van der Waals surface area contributed by atoms with Crippen molar-refractivity contribution in [2.45, 2.75) is 36.3 Å². The molecule has 4 rings (SSSR count). The highest BCUT2D eigenvalue weighted by Gasteiger charge is 2.46. The molecule has 2 aliphatic carbocycles. The maximum absolute atomic E-state index is 13.8. The smallest absolute Gasteiger partial charge is 0.228 e. The standard InChI is InChI=1S/C21H21ClFIN4O/c1-2-28-18(25-20(27-28)14-7-8-16(22)17(23)11-14)12-19(29)26-21(24)10-9-13-5-3-4-6-15(13)21/h3-8,11,13,15H,2,9-10,12H2,1H3,(H,26,29). The third kappa shape index (κ3) is 4.12. The predicted molar refractivity (Wildman–Crippen MR) is 119 cm³/mol. The van der Waals surface area contributed by atoms with Crippen molar-refractivity contribution < 1.29 is 9.18 Å². The lowest BCUT2D eigenvalue weighted by Crippen LogP contribution is -2.47. The van der Waals surface area contributed by atoms with Gasteiger partial charge in [0.2, 0.25) is 5.91 Å². The van der Waals surface area contributed by atoms with E-state index in [1.807, 2.05) is 6.92 Å². The van der Waals surface area contributed by atoms with Crippen molar-refractivity contribution in [3.8, 4) is 11.4 Å². The first-order valence-corrected chi connectivity index (χ1v) is 11.1. The topological polar surface area (TPSA) is 59.8 Å². The summed E-state index contributed by atoms with van der Waals surface area (Å²) in [4.78, 5) is 17.3. The average Bonchev–Trinajstić information content (AvgIpc) is 3.25. The van der Waals surface area contributed by atoms with Crippen LogP contribution in [0.4, 0.5) is 4.39 Å². The van der Waals surface area contributed by atoms with E-state index in [0.29, 0.717) is 35.6 Å². The van der Waals surface area contributed by atoms with Gasteiger partial charge in [-0.3, -0.25) is 4.79 Å². The highest BCUT2D eigenvalue weighted by molar-refractivity contribution is 14.1. The Labute approximate surface area is 187 Å². The Morgan fingerprint density at radius 3 is 2.97 bits per heavy atom. The molecule has 2 aliphatic rings. The average molecular weight is 527 g/mol. The minimum absolute atomic E-state index is 0.0529. The molecule has 1 aromatic heterocycles. The molecule has 1 aromatic carbocycles. The first-order chi connectivity index (χ1) is 13.9. The number of rotatable bonds is 5. The molecule has 1 heterocycles. The van der Waals surface area contributed by atoms with Crippen LogP contribution in [-0.4, -0.2) is 24.2 Å². The Morgan fingerprint density at radius 2 is 2.21 bits per heavy atom.